The van der Waals surface area contributed by atoms with Crippen LogP contribution >= 0.6 is 15.9 Å². The molecule has 0 aliphatic heterocycles. The summed E-state index contributed by atoms with van der Waals surface area (Å²) in [5.74, 6) is 0.825. The average Bonchev–Trinajstić information content (AvgIpc) is 2.41. The maximum absolute atomic E-state index is 4.98. The molecule has 5 heteroatoms. The van der Waals surface area contributed by atoms with Gasteiger partial charge in [0.2, 0.25) is 0 Å². The number of guanidine groups is 1. The standard InChI is InChI=1S/C14H22BrN3O/c1-16-14(18-9-10-19-2)17-8-4-6-12-5-3-7-13(15)11-12/h3,5,7,11H,4,6,8-10H2,1-2H3,(H2,16,17,18). The van der Waals surface area contributed by atoms with E-state index in [0.29, 0.717) is 6.61 Å². The van der Waals surface area contributed by atoms with Gasteiger partial charge in [0.15, 0.2) is 5.96 Å². The first kappa shape index (κ1) is 16.0. The topological polar surface area (TPSA) is 45.7 Å². The van der Waals surface area contributed by atoms with Crippen LogP contribution in [0.1, 0.15) is 12.0 Å². The Balaban J connectivity index is 2.18. The molecule has 0 aliphatic rings. The Bertz CT molecular complexity index is 396. The molecule has 0 fully saturated rings. The molecule has 0 spiro atoms. The lowest BCUT2D eigenvalue weighted by Crippen LogP contribution is -2.39. The molecule has 19 heavy (non-hydrogen) atoms. The van der Waals surface area contributed by atoms with E-state index in [1.807, 2.05) is 6.07 Å². The maximum Gasteiger partial charge on any atom is 0.191 e. The van der Waals surface area contributed by atoms with Crippen molar-refractivity contribution in [3.05, 3.63) is 34.3 Å². The summed E-state index contributed by atoms with van der Waals surface area (Å²) in [7, 11) is 3.46. The van der Waals surface area contributed by atoms with Gasteiger partial charge in [-0.1, -0.05) is 28.1 Å². The zero-order valence-electron chi connectivity index (χ0n) is 11.6. The number of nitrogens with zero attached hydrogens (tertiary/aromatic N) is 1. The fraction of sp³-hybridized carbons (Fsp3) is 0.500. The summed E-state index contributed by atoms with van der Waals surface area (Å²) >= 11 is 3.48. The van der Waals surface area contributed by atoms with Crippen LogP contribution in [0.3, 0.4) is 0 Å². The van der Waals surface area contributed by atoms with E-state index in [9.17, 15) is 0 Å². The lowest BCUT2D eigenvalue weighted by atomic mass is 10.1. The van der Waals surface area contributed by atoms with E-state index in [4.69, 9.17) is 4.74 Å². The molecule has 0 amide bonds. The second kappa shape index (κ2) is 9.81. The van der Waals surface area contributed by atoms with Crippen molar-refractivity contribution in [2.45, 2.75) is 12.8 Å². The fourth-order valence-electron chi connectivity index (χ4n) is 1.68. The van der Waals surface area contributed by atoms with Crippen LogP contribution in [0.15, 0.2) is 33.7 Å². The number of methoxy groups -OCH3 is 1. The number of aliphatic imine (C=N–C) groups is 1. The van der Waals surface area contributed by atoms with Crippen molar-refractivity contribution in [2.75, 3.05) is 33.9 Å². The first-order valence-corrected chi connectivity index (χ1v) is 7.23. The van der Waals surface area contributed by atoms with E-state index in [1.54, 1.807) is 14.2 Å². The van der Waals surface area contributed by atoms with Crippen LogP contribution in [0.2, 0.25) is 0 Å². The normalized spacial score (nSPS) is 11.4. The van der Waals surface area contributed by atoms with Gasteiger partial charge in [-0.3, -0.25) is 4.99 Å². The number of halogens is 1. The largest absolute Gasteiger partial charge is 0.383 e. The molecule has 0 heterocycles. The summed E-state index contributed by atoms with van der Waals surface area (Å²) < 4.78 is 6.12. The van der Waals surface area contributed by atoms with E-state index in [0.717, 1.165) is 36.4 Å². The lowest BCUT2D eigenvalue weighted by Gasteiger charge is -2.11. The monoisotopic (exact) mass is 327 g/mol. The molecule has 1 aromatic carbocycles. The third kappa shape index (κ3) is 7.18. The van der Waals surface area contributed by atoms with Crippen LogP contribution in [0.4, 0.5) is 0 Å². The molecule has 2 N–H and O–H groups in total. The van der Waals surface area contributed by atoms with Crippen LogP contribution < -0.4 is 10.6 Å². The van der Waals surface area contributed by atoms with Gasteiger partial charge in [-0.05, 0) is 30.5 Å². The van der Waals surface area contributed by atoms with Gasteiger partial charge in [0.05, 0.1) is 6.61 Å². The molecule has 4 nitrogen and oxygen atoms in total. The number of aryl methyl sites for hydroxylation is 1. The summed E-state index contributed by atoms with van der Waals surface area (Å²) in [5, 5.41) is 6.47. The fourth-order valence-corrected chi connectivity index (χ4v) is 2.13. The minimum atomic E-state index is 0.679. The van der Waals surface area contributed by atoms with Gasteiger partial charge in [0, 0.05) is 31.7 Å². The van der Waals surface area contributed by atoms with Crippen LogP contribution in [0.25, 0.3) is 0 Å². The zero-order chi connectivity index (χ0) is 13.9. The van der Waals surface area contributed by atoms with Gasteiger partial charge < -0.3 is 15.4 Å². The van der Waals surface area contributed by atoms with Gasteiger partial charge in [-0.15, -0.1) is 0 Å². The van der Waals surface area contributed by atoms with Crippen LogP contribution in [-0.4, -0.2) is 39.8 Å². The smallest absolute Gasteiger partial charge is 0.191 e. The van der Waals surface area contributed by atoms with Gasteiger partial charge in [-0.25, -0.2) is 0 Å². The summed E-state index contributed by atoms with van der Waals surface area (Å²) in [6, 6.07) is 8.42. The Morgan fingerprint density at radius 1 is 1.32 bits per heavy atom. The Morgan fingerprint density at radius 2 is 2.11 bits per heavy atom. The Labute approximate surface area is 123 Å². The second-order valence-electron chi connectivity index (χ2n) is 4.15. The molecule has 106 valence electrons. The van der Waals surface area contributed by atoms with Crippen molar-refractivity contribution in [3.8, 4) is 0 Å². The number of ether oxygens (including phenoxy) is 1. The summed E-state index contributed by atoms with van der Waals surface area (Å²) in [4.78, 5) is 4.15. The number of hydrogen-bond acceptors (Lipinski definition) is 2. The molecule has 0 atom stereocenters. The van der Waals surface area contributed by atoms with Crippen molar-refractivity contribution < 1.29 is 4.74 Å². The second-order valence-corrected chi connectivity index (χ2v) is 5.07. The summed E-state index contributed by atoms with van der Waals surface area (Å²) in [5.41, 5.74) is 1.35. The molecule has 0 bridgehead atoms. The molecule has 0 saturated heterocycles. The number of hydrogen-bond donors (Lipinski definition) is 2. The first-order chi connectivity index (χ1) is 9.26. The molecule has 0 aliphatic carbocycles. The molecular weight excluding hydrogens is 306 g/mol. The van der Waals surface area contributed by atoms with E-state index in [1.165, 1.54) is 5.56 Å². The predicted octanol–water partition coefficient (Wildman–Crippen LogP) is 2.19. The summed E-state index contributed by atoms with van der Waals surface area (Å²) in [6.45, 7) is 2.35. The molecule has 1 aromatic rings. The zero-order valence-corrected chi connectivity index (χ0v) is 13.2. The van der Waals surface area contributed by atoms with E-state index in [-0.39, 0.29) is 0 Å². The number of rotatable bonds is 7. The third-order valence-electron chi connectivity index (χ3n) is 2.65. The highest BCUT2D eigenvalue weighted by Crippen LogP contribution is 2.12. The van der Waals surface area contributed by atoms with Crippen molar-refractivity contribution in [1.82, 2.24) is 10.6 Å². The van der Waals surface area contributed by atoms with Crippen molar-refractivity contribution in [2.24, 2.45) is 4.99 Å². The SMILES string of the molecule is CN=C(NCCCc1cccc(Br)c1)NCCOC. The lowest BCUT2D eigenvalue weighted by molar-refractivity contribution is 0.203. The Kier molecular flexibility index (Phi) is 8.25. The van der Waals surface area contributed by atoms with Crippen LogP contribution in [-0.2, 0) is 11.2 Å². The van der Waals surface area contributed by atoms with Gasteiger partial charge >= 0.3 is 0 Å². The minimum Gasteiger partial charge on any atom is -0.383 e. The van der Waals surface area contributed by atoms with Crippen molar-refractivity contribution in [3.63, 3.8) is 0 Å². The highest BCUT2D eigenvalue weighted by Gasteiger charge is 1.97. The average molecular weight is 328 g/mol. The van der Waals surface area contributed by atoms with Crippen LogP contribution in [0.5, 0.6) is 0 Å². The molecule has 0 aromatic heterocycles. The highest BCUT2D eigenvalue weighted by molar-refractivity contribution is 9.10. The van der Waals surface area contributed by atoms with Gasteiger partial charge in [0.25, 0.3) is 0 Å². The van der Waals surface area contributed by atoms with Gasteiger partial charge in [-0.2, -0.15) is 0 Å². The maximum atomic E-state index is 4.98. The predicted molar refractivity (Wildman–Crippen MR) is 83.7 cm³/mol. The minimum absolute atomic E-state index is 0.679. The third-order valence-corrected chi connectivity index (χ3v) is 3.14. The van der Waals surface area contributed by atoms with Crippen molar-refractivity contribution >= 4 is 21.9 Å². The number of nitrogens with one attached hydrogen (secondary N) is 2. The van der Waals surface area contributed by atoms with E-state index in [2.05, 4.69) is 49.8 Å². The highest BCUT2D eigenvalue weighted by atomic mass is 79.9. The molecule has 1 rings (SSSR count). The first-order valence-electron chi connectivity index (χ1n) is 6.44. The number of benzene rings is 1. The van der Waals surface area contributed by atoms with E-state index >= 15 is 0 Å². The Morgan fingerprint density at radius 3 is 2.79 bits per heavy atom. The molecule has 0 radical (unpaired) electrons. The molecule has 0 saturated carbocycles. The quantitative estimate of drug-likeness (QED) is 0.458. The van der Waals surface area contributed by atoms with E-state index < -0.39 is 0 Å². The van der Waals surface area contributed by atoms with Gasteiger partial charge in [0.1, 0.15) is 0 Å². The molecular formula is C14H22BrN3O. The van der Waals surface area contributed by atoms with Crippen LogP contribution in [0, 0.1) is 0 Å². The summed E-state index contributed by atoms with van der Waals surface area (Å²) in [6.07, 6.45) is 2.13. The van der Waals surface area contributed by atoms with Crippen molar-refractivity contribution in [1.29, 1.82) is 0 Å². The molecule has 0 unspecified atom stereocenters. The Hall–Kier alpha value is -1.07.